The largest absolute Gasteiger partial charge is 0.489 e. The maximum Gasteiger partial charge on any atom is 0.420 e. The quantitative estimate of drug-likeness (QED) is 0.265. The van der Waals surface area contributed by atoms with Gasteiger partial charge in [0.05, 0.1) is 11.3 Å². The first-order valence-electron chi connectivity index (χ1n) is 11.7. The summed E-state index contributed by atoms with van der Waals surface area (Å²) in [4.78, 5) is 28.3. The number of benzene rings is 2. The Labute approximate surface area is 217 Å². The fourth-order valence-electron chi connectivity index (χ4n) is 3.27. The maximum absolute atomic E-state index is 13.6. The second kappa shape index (κ2) is 12.8. The molecule has 0 aliphatic carbocycles. The van der Waals surface area contributed by atoms with Crippen molar-refractivity contribution in [2.75, 3.05) is 30.8 Å². The van der Waals surface area contributed by atoms with Gasteiger partial charge in [0.25, 0.3) is 5.91 Å². The molecule has 38 heavy (non-hydrogen) atoms. The van der Waals surface area contributed by atoms with Gasteiger partial charge in [0.15, 0.2) is 5.75 Å². The molecule has 0 radical (unpaired) electrons. The third-order valence-corrected chi connectivity index (χ3v) is 5.01. The number of carbonyl (C=O) groups excluding carboxylic acids is 2. The molecule has 0 fully saturated rings. The standard InChI is InChI=1S/C26H28F3N5O4/c1-16(2)31-13-14-37-23-20(26(27,28)29)5-4-6-21(23)34-25(36)33-17-7-9-18(10-8-17)38-19-11-12-32-22(15-19)24(35)30-3/h4-12,15-16,31H,13-14H2,1-3H3,(H,30,35)(H2,33,34,36). The van der Waals surface area contributed by atoms with Gasteiger partial charge in [0.1, 0.15) is 23.8 Å². The Hall–Kier alpha value is -4.32. The molecule has 0 aliphatic heterocycles. The van der Waals surface area contributed by atoms with Crippen LogP contribution in [0.25, 0.3) is 0 Å². The van der Waals surface area contributed by atoms with E-state index >= 15 is 0 Å². The van der Waals surface area contributed by atoms with Gasteiger partial charge in [-0.05, 0) is 42.5 Å². The van der Waals surface area contributed by atoms with E-state index in [4.69, 9.17) is 9.47 Å². The number of carbonyl (C=O) groups is 2. The molecule has 0 unspecified atom stereocenters. The van der Waals surface area contributed by atoms with E-state index in [1.807, 2.05) is 13.8 Å². The first-order chi connectivity index (χ1) is 18.1. The molecule has 3 amide bonds. The Morgan fingerprint density at radius 1 is 1.00 bits per heavy atom. The first-order valence-corrected chi connectivity index (χ1v) is 11.7. The van der Waals surface area contributed by atoms with Crippen molar-refractivity contribution >= 4 is 23.3 Å². The summed E-state index contributed by atoms with van der Waals surface area (Å²) in [6, 6.07) is 12.1. The molecule has 0 bridgehead atoms. The van der Waals surface area contributed by atoms with Crippen LogP contribution >= 0.6 is 0 Å². The molecule has 0 spiro atoms. The second-order valence-corrected chi connectivity index (χ2v) is 8.30. The molecule has 1 aromatic heterocycles. The van der Waals surface area contributed by atoms with Crippen molar-refractivity contribution in [1.82, 2.24) is 15.6 Å². The average molecular weight is 532 g/mol. The predicted octanol–water partition coefficient (Wildman–Crippen LogP) is 5.27. The molecule has 1 heterocycles. The fourth-order valence-corrected chi connectivity index (χ4v) is 3.27. The van der Waals surface area contributed by atoms with Crippen LogP contribution < -0.4 is 30.7 Å². The number of hydrogen-bond acceptors (Lipinski definition) is 6. The van der Waals surface area contributed by atoms with E-state index in [0.717, 1.165) is 6.07 Å². The van der Waals surface area contributed by atoms with Crippen LogP contribution in [0, 0.1) is 0 Å². The van der Waals surface area contributed by atoms with Gasteiger partial charge in [0.2, 0.25) is 0 Å². The van der Waals surface area contributed by atoms with Crippen LogP contribution in [-0.4, -0.2) is 43.2 Å². The lowest BCUT2D eigenvalue weighted by Crippen LogP contribution is -2.28. The van der Waals surface area contributed by atoms with Crippen LogP contribution in [0.5, 0.6) is 17.2 Å². The molecule has 0 saturated heterocycles. The lowest BCUT2D eigenvalue weighted by Gasteiger charge is -2.19. The monoisotopic (exact) mass is 531 g/mol. The van der Waals surface area contributed by atoms with E-state index in [0.29, 0.717) is 23.7 Å². The molecule has 9 nitrogen and oxygen atoms in total. The number of ether oxygens (including phenoxy) is 2. The highest BCUT2D eigenvalue weighted by molar-refractivity contribution is 6.00. The highest BCUT2D eigenvalue weighted by Crippen LogP contribution is 2.40. The molecule has 3 rings (SSSR count). The number of hydrogen-bond donors (Lipinski definition) is 4. The normalized spacial score (nSPS) is 11.1. The van der Waals surface area contributed by atoms with Crippen molar-refractivity contribution in [3.63, 3.8) is 0 Å². The number of rotatable bonds is 10. The average Bonchev–Trinajstić information content (AvgIpc) is 2.87. The molecular formula is C26H28F3N5O4. The number of halogens is 3. The van der Waals surface area contributed by atoms with Crippen molar-refractivity contribution in [2.24, 2.45) is 0 Å². The minimum Gasteiger partial charge on any atom is -0.489 e. The molecular weight excluding hydrogens is 503 g/mol. The van der Waals surface area contributed by atoms with E-state index in [2.05, 4.69) is 26.3 Å². The zero-order chi connectivity index (χ0) is 27.7. The van der Waals surface area contributed by atoms with Crippen LogP contribution in [-0.2, 0) is 6.18 Å². The fraction of sp³-hybridized carbons (Fsp3) is 0.269. The molecule has 4 N–H and O–H groups in total. The summed E-state index contributed by atoms with van der Waals surface area (Å²) in [5, 5.41) is 10.5. The van der Waals surface area contributed by atoms with Crippen molar-refractivity contribution in [3.05, 3.63) is 72.1 Å². The molecule has 0 saturated carbocycles. The number of nitrogens with zero attached hydrogens (tertiary/aromatic N) is 1. The molecule has 0 atom stereocenters. The number of aromatic nitrogens is 1. The summed E-state index contributed by atoms with van der Waals surface area (Å²) in [7, 11) is 1.49. The van der Waals surface area contributed by atoms with Gasteiger partial charge in [-0.25, -0.2) is 4.79 Å². The molecule has 3 aromatic rings. The lowest BCUT2D eigenvalue weighted by molar-refractivity contribution is -0.138. The van der Waals surface area contributed by atoms with E-state index in [1.165, 1.54) is 31.4 Å². The molecule has 202 valence electrons. The van der Waals surface area contributed by atoms with E-state index in [1.54, 1.807) is 30.3 Å². The number of para-hydroxylation sites is 1. The summed E-state index contributed by atoms with van der Waals surface area (Å²) < 4.78 is 51.8. The number of nitrogens with one attached hydrogen (secondary N) is 4. The smallest absolute Gasteiger partial charge is 0.420 e. The van der Waals surface area contributed by atoms with Gasteiger partial charge in [-0.3, -0.25) is 9.78 Å². The first kappa shape index (κ1) is 28.3. The Balaban J connectivity index is 1.67. The van der Waals surface area contributed by atoms with Crippen molar-refractivity contribution in [2.45, 2.75) is 26.1 Å². The van der Waals surface area contributed by atoms with Crippen LogP contribution in [0.2, 0.25) is 0 Å². The van der Waals surface area contributed by atoms with Crippen LogP contribution in [0.3, 0.4) is 0 Å². The summed E-state index contributed by atoms with van der Waals surface area (Å²) >= 11 is 0. The highest BCUT2D eigenvalue weighted by Gasteiger charge is 2.35. The van der Waals surface area contributed by atoms with Crippen molar-refractivity contribution < 1.29 is 32.2 Å². The predicted molar refractivity (Wildman–Crippen MR) is 137 cm³/mol. The van der Waals surface area contributed by atoms with Crippen molar-refractivity contribution in [1.29, 1.82) is 0 Å². The van der Waals surface area contributed by atoms with E-state index in [-0.39, 0.29) is 29.9 Å². The lowest BCUT2D eigenvalue weighted by atomic mass is 10.1. The van der Waals surface area contributed by atoms with Gasteiger partial charge in [-0.2, -0.15) is 13.2 Å². The number of amides is 3. The van der Waals surface area contributed by atoms with Crippen LogP contribution in [0.4, 0.5) is 29.3 Å². The number of alkyl halides is 3. The Bertz CT molecular complexity index is 1250. The van der Waals surface area contributed by atoms with Gasteiger partial charge in [-0.15, -0.1) is 0 Å². The maximum atomic E-state index is 13.6. The number of anilines is 2. The Morgan fingerprint density at radius 2 is 1.74 bits per heavy atom. The summed E-state index contributed by atoms with van der Waals surface area (Å²) in [6.45, 7) is 4.12. The third-order valence-electron chi connectivity index (χ3n) is 5.01. The summed E-state index contributed by atoms with van der Waals surface area (Å²) in [5.74, 6) is -0.00759. The number of pyridine rings is 1. The minimum absolute atomic E-state index is 0.0227. The zero-order valence-corrected chi connectivity index (χ0v) is 21.0. The van der Waals surface area contributed by atoms with Crippen LogP contribution in [0.1, 0.15) is 29.9 Å². The van der Waals surface area contributed by atoms with Gasteiger partial charge in [-0.1, -0.05) is 19.9 Å². The van der Waals surface area contributed by atoms with Gasteiger partial charge in [0, 0.05) is 37.6 Å². The third kappa shape index (κ3) is 8.10. The Kier molecular flexibility index (Phi) is 9.49. The molecule has 0 aliphatic rings. The topological polar surface area (TPSA) is 114 Å². The van der Waals surface area contributed by atoms with Crippen molar-refractivity contribution in [3.8, 4) is 17.2 Å². The minimum atomic E-state index is -4.67. The number of urea groups is 1. The van der Waals surface area contributed by atoms with Gasteiger partial charge >= 0.3 is 12.2 Å². The Morgan fingerprint density at radius 3 is 2.39 bits per heavy atom. The molecule has 2 aromatic carbocycles. The molecule has 12 heteroatoms. The SMILES string of the molecule is CNC(=O)c1cc(Oc2ccc(NC(=O)Nc3cccc(C(F)(F)F)c3OCCNC(C)C)cc2)ccn1. The second-order valence-electron chi connectivity index (χ2n) is 8.30. The van der Waals surface area contributed by atoms with Crippen LogP contribution in [0.15, 0.2) is 60.8 Å². The highest BCUT2D eigenvalue weighted by atomic mass is 19.4. The summed E-state index contributed by atoms with van der Waals surface area (Å²) in [6.07, 6.45) is -3.23. The summed E-state index contributed by atoms with van der Waals surface area (Å²) in [5.41, 5.74) is -0.552. The van der Waals surface area contributed by atoms with E-state index in [9.17, 15) is 22.8 Å². The zero-order valence-electron chi connectivity index (χ0n) is 21.0. The van der Waals surface area contributed by atoms with E-state index < -0.39 is 23.5 Å². The van der Waals surface area contributed by atoms with Gasteiger partial charge < -0.3 is 30.7 Å².